The number of pyridine rings is 1. The zero-order chi connectivity index (χ0) is 20.1. The molecular formula is C24H28ClN3O2. The van der Waals surface area contributed by atoms with Crippen molar-refractivity contribution in [2.24, 2.45) is 0 Å². The highest BCUT2D eigenvalue weighted by Gasteiger charge is 2.28. The number of benzene rings is 2. The second kappa shape index (κ2) is 10.4. The summed E-state index contributed by atoms with van der Waals surface area (Å²) in [6.07, 6.45) is 5.01. The third-order valence-electron chi connectivity index (χ3n) is 5.57. The average Bonchev–Trinajstić information content (AvgIpc) is 2.79. The number of ether oxygens (including phenoxy) is 1. The van der Waals surface area contributed by atoms with Gasteiger partial charge in [0.15, 0.2) is 0 Å². The number of piperidine rings is 1. The Morgan fingerprint density at radius 2 is 1.97 bits per heavy atom. The summed E-state index contributed by atoms with van der Waals surface area (Å²) in [4.78, 5) is 20.0. The molecule has 1 amide bonds. The number of carbonyl (C=O) groups excluding carboxylic acids is 1. The van der Waals surface area contributed by atoms with Crippen LogP contribution in [-0.4, -0.2) is 37.1 Å². The van der Waals surface area contributed by atoms with Gasteiger partial charge in [-0.15, -0.1) is 12.4 Å². The topological polar surface area (TPSA) is 54.5 Å². The molecule has 1 fully saturated rings. The molecule has 1 saturated heterocycles. The first-order chi connectivity index (χ1) is 14.3. The predicted molar refractivity (Wildman–Crippen MR) is 124 cm³/mol. The third-order valence-corrected chi connectivity index (χ3v) is 5.57. The van der Waals surface area contributed by atoms with E-state index >= 15 is 0 Å². The van der Waals surface area contributed by atoms with Gasteiger partial charge in [-0.1, -0.05) is 36.4 Å². The molecule has 1 N–H and O–H groups in total. The molecule has 1 aromatic heterocycles. The lowest BCUT2D eigenvalue weighted by molar-refractivity contribution is -0.119. The van der Waals surface area contributed by atoms with Crippen molar-refractivity contribution in [2.45, 2.75) is 31.7 Å². The minimum absolute atomic E-state index is 0. The Morgan fingerprint density at radius 1 is 1.17 bits per heavy atom. The van der Waals surface area contributed by atoms with Crippen molar-refractivity contribution in [1.29, 1.82) is 0 Å². The lowest BCUT2D eigenvalue weighted by atomic mass is 10.0. The summed E-state index contributed by atoms with van der Waals surface area (Å²) < 4.78 is 5.22. The molecule has 158 valence electrons. The van der Waals surface area contributed by atoms with Gasteiger partial charge in [-0.2, -0.15) is 0 Å². The van der Waals surface area contributed by atoms with E-state index in [9.17, 15) is 4.79 Å². The van der Waals surface area contributed by atoms with Gasteiger partial charge in [0.05, 0.1) is 13.2 Å². The molecule has 1 atom stereocenters. The normalized spacial score (nSPS) is 16.0. The maximum atomic E-state index is 13.4. The summed E-state index contributed by atoms with van der Waals surface area (Å²) >= 11 is 0. The zero-order valence-corrected chi connectivity index (χ0v) is 18.0. The summed E-state index contributed by atoms with van der Waals surface area (Å²) in [5.41, 5.74) is 1.13. The van der Waals surface area contributed by atoms with E-state index in [1.54, 1.807) is 13.3 Å². The first-order valence-corrected chi connectivity index (χ1v) is 10.3. The Balaban J connectivity index is 0.00000256. The Kier molecular flexibility index (Phi) is 7.66. The molecule has 1 aliphatic rings. The molecule has 5 nitrogen and oxygen atoms in total. The number of halogens is 1. The van der Waals surface area contributed by atoms with E-state index in [0.717, 1.165) is 53.8 Å². The number of anilines is 1. The van der Waals surface area contributed by atoms with Crippen LogP contribution in [0.5, 0.6) is 5.75 Å². The van der Waals surface area contributed by atoms with Gasteiger partial charge < -0.3 is 10.1 Å². The van der Waals surface area contributed by atoms with Crippen LogP contribution in [0.2, 0.25) is 0 Å². The molecule has 0 saturated carbocycles. The zero-order valence-electron chi connectivity index (χ0n) is 17.2. The molecule has 6 heteroatoms. The number of nitrogens with one attached hydrogen (secondary N) is 1. The van der Waals surface area contributed by atoms with Gasteiger partial charge in [-0.05, 0) is 55.0 Å². The number of carbonyl (C=O) groups is 1. The number of nitrogens with zero attached hydrogens (tertiary/aromatic N) is 2. The van der Waals surface area contributed by atoms with Gasteiger partial charge >= 0.3 is 0 Å². The van der Waals surface area contributed by atoms with Crippen LogP contribution in [0.4, 0.5) is 5.82 Å². The van der Waals surface area contributed by atoms with Gasteiger partial charge in [0.25, 0.3) is 0 Å². The fourth-order valence-electron chi connectivity index (χ4n) is 4.01. The number of rotatable bonds is 6. The third kappa shape index (κ3) is 4.91. The maximum absolute atomic E-state index is 13.4. The van der Waals surface area contributed by atoms with Crippen LogP contribution < -0.4 is 15.0 Å². The summed E-state index contributed by atoms with van der Waals surface area (Å²) in [6, 6.07) is 18.2. The van der Waals surface area contributed by atoms with E-state index in [-0.39, 0.29) is 24.4 Å². The van der Waals surface area contributed by atoms with Gasteiger partial charge in [0.2, 0.25) is 5.91 Å². The number of amides is 1. The highest BCUT2D eigenvalue weighted by Crippen LogP contribution is 2.28. The van der Waals surface area contributed by atoms with Crippen LogP contribution in [0.3, 0.4) is 0 Å². The van der Waals surface area contributed by atoms with Crippen molar-refractivity contribution in [3.05, 3.63) is 66.4 Å². The van der Waals surface area contributed by atoms with Crippen molar-refractivity contribution in [2.75, 3.05) is 25.1 Å². The molecule has 0 spiro atoms. The SMILES string of the molecule is COc1ccc(CCC(=O)N(c2nccc3ccccc23)[C@@H]2CCCNC2)cc1.Cl. The quantitative estimate of drug-likeness (QED) is 0.636. The van der Waals surface area contributed by atoms with Gasteiger partial charge in [-0.3, -0.25) is 9.69 Å². The number of methoxy groups -OCH3 is 1. The summed E-state index contributed by atoms with van der Waals surface area (Å²) in [5.74, 6) is 1.73. The van der Waals surface area contributed by atoms with Crippen molar-refractivity contribution >= 4 is 34.9 Å². The first-order valence-electron chi connectivity index (χ1n) is 10.3. The van der Waals surface area contributed by atoms with E-state index in [1.165, 1.54) is 0 Å². The molecular weight excluding hydrogens is 398 g/mol. The van der Waals surface area contributed by atoms with Gasteiger partial charge in [0.1, 0.15) is 11.6 Å². The molecule has 0 bridgehead atoms. The first kappa shape index (κ1) is 22.1. The van der Waals surface area contributed by atoms with Crippen LogP contribution in [0, 0.1) is 0 Å². The van der Waals surface area contributed by atoms with E-state index < -0.39 is 0 Å². The van der Waals surface area contributed by atoms with Gasteiger partial charge in [-0.25, -0.2) is 4.98 Å². The largest absolute Gasteiger partial charge is 0.497 e. The molecule has 2 heterocycles. The number of aryl methyl sites for hydroxylation is 1. The molecule has 1 aliphatic heterocycles. The molecule has 2 aromatic carbocycles. The highest BCUT2D eigenvalue weighted by molar-refractivity contribution is 6.02. The van der Waals surface area contributed by atoms with E-state index in [1.807, 2.05) is 47.4 Å². The van der Waals surface area contributed by atoms with E-state index in [4.69, 9.17) is 4.74 Å². The van der Waals surface area contributed by atoms with Crippen molar-refractivity contribution < 1.29 is 9.53 Å². The maximum Gasteiger partial charge on any atom is 0.228 e. The molecule has 0 unspecified atom stereocenters. The lowest BCUT2D eigenvalue weighted by Crippen LogP contribution is -2.49. The molecule has 3 aromatic rings. The van der Waals surface area contributed by atoms with Crippen molar-refractivity contribution in [3.8, 4) is 5.75 Å². The number of aromatic nitrogens is 1. The minimum atomic E-state index is 0. The number of fused-ring (bicyclic) bond motifs is 1. The highest BCUT2D eigenvalue weighted by atomic mass is 35.5. The van der Waals surface area contributed by atoms with Crippen LogP contribution in [-0.2, 0) is 11.2 Å². The average molecular weight is 426 g/mol. The van der Waals surface area contributed by atoms with Crippen LogP contribution in [0.25, 0.3) is 10.8 Å². The number of hydrogen-bond donors (Lipinski definition) is 1. The summed E-state index contributed by atoms with van der Waals surface area (Å²) in [7, 11) is 1.66. The Hall–Kier alpha value is -2.63. The molecule has 4 rings (SSSR count). The Labute approximate surface area is 183 Å². The predicted octanol–water partition coefficient (Wildman–Crippen LogP) is 4.38. The fraction of sp³-hybridized carbons (Fsp3) is 0.333. The standard InChI is InChI=1S/C24H27N3O2.ClH/c1-29-21-11-8-18(9-12-21)10-13-23(28)27(20-6-4-15-25-17-20)24-22-7-3-2-5-19(22)14-16-26-24;/h2-3,5,7-9,11-12,14,16,20,25H,4,6,10,13,15,17H2,1H3;1H/t20-;/m1./s1. The fourth-order valence-corrected chi connectivity index (χ4v) is 4.01. The summed E-state index contributed by atoms with van der Waals surface area (Å²) in [5, 5.41) is 5.57. The van der Waals surface area contributed by atoms with E-state index in [0.29, 0.717) is 12.8 Å². The Morgan fingerprint density at radius 3 is 2.70 bits per heavy atom. The van der Waals surface area contributed by atoms with Crippen LogP contribution in [0.1, 0.15) is 24.8 Å². The second-order valence-electron chi connectivity index (χ2n) is 7.47. The molecule has 30 heavy (non-hydrogen) atoms. The minimum Gasteiger partial charge on any atom is -0.497 e. The molecule has 0 radical (unpaired) electrons. The van der Waals surface area contributed by atoms with Crippen LogP contribution >= 0.6 is 12.4 Å². The van der Waals surface area contributed by atoms with Crippen molar-refractivity contribution in [3.63, 3.8) is 0 Å². The Bertz CT molecular complexity index is 966. The smallest absolute Gasteiger partial charge is 0.228 e. The second-order valence-corrected chi connectivity index (χ2v) is 7.47. The number of hydrogen-bond acceptors (Lipinski definition) is 4. The van der Waals surface area contributed by atoms with Gasteiger partial charge in [0, 0.05) is 24.5 Å². The monoisotopic (exact) mass is 425 g/mol. The van der Waals surface area contributed by atoms with E-state index in [2.05, 4.69) is 22.4 Å². The van der Waals surface area contributed by atoms with Crippen molar-refractivity contribution in [1.82, 2.24) is 10.3 Å². The van der Waals surface area contributed by atoms with Crippen LogP contribution in [0.15, 0.2) is 60.8 Å². The lowest BCUT2D eigenvalue weighted by Gasteiger charge is -2.34. The summed E-state index contributed by atoms with van der Waals surface area (Å²) in [6.45, 7) is 1.81. The molecule has 0 aliphatic carbocycles.